The minimum atomic E-state index is 0.146. The zero-order chi connectivity index (χ0) is 13.7. The van der Waals surface area contributed by atoms with Crippen molar-refractivity contribution in [1.82, 2.24) is 4.98 Å². The maximum absolute atomic E-state index is 6.29. The summed E-state index contributed by atoms with van der Waals surface area (Å²) >= 11 is 1.84. The van der Waals surface area contributed by atoms with Gasteiger partial charge in [-0.1, -0.05) is 24.6 Å². The van der Waals surface area contributed by atoms with Crippen LogP contribution in [0.3, 0.4) is 0 Å². The van der Waals surface area contributed by atoms with E-state index in [4.69, 9.17) is 5.73 Å². The molecule has 2 atom stereocenters. The summed E-state index contributed by atoms with van der Waals surface area (Å²) in [5.74, 6) is 0. The van der Waals surface area contributed by atoms with Crippen LogP contribution in [0.1, 0.15) is 29.7 Å². The summed E-state index contributed by atoms with van der Waals surface area (Å²) in [6, 6.07) is 12.8. The number of pyridine rings is 1. The van der Waals surface area contributed by atoms with Crippen molar-refractivity contribution < 1.29 is 0 Å². The van der Waals surface area contributed by atoms with Gasteiger partial charge in [-0.2, -0.15) is 0 Å². The van der Waals surface area contributed by atoms with Crippen molar-refractivity contribution in [2.45, 2.75) is 36.5 Å². The summed E-state index contributed by atoms with van der Waals surface area (Å²) in [4.78, 5) is 5.35. The Morgan fingerprint density at radius 2 is 1.95 bits per heavy atom. The lowest BCUT2D eigenvalue weighted by Crippen LogP contribution is -2.25. The molecular formula is C16H20N2S. The van der Waals surface area contributed by atoms with Crippen LogP contribution in [-0.2, 0) is 0 Å². The fourth-order valence-electron chi connectivity index (χ4n) is 2.01. The third kappa shape index (κ3) is 3.82. The predicted octanol–water partition coefficient (Wildman–Crippen LogP) is 3.96. The maximum atomic E-state index is 6.29. The van der Waals surface area contributed by atoms with Gasteiger partial charge in [0.2, 0.25) is 0 Å². The monoisotopic (exact) mass is 272 g/mol. The summed E-state index contributed by atoms with van der Waals surface area (Å²) in [6.45, 7) is 4.25. The van der Waals surface area contributed by atoms with Crippen molar-refractivity contribution in [2.75, 3.05) is 0 Å². The molecule has 1 aromatic carbocycles. The van der Waals surface area contributed by atoms with E-state index in [0.29, 0.717) is 0 Å². The molecule has 0 aliphatic rings. The van der Waals surface area contributed by atoms with Crippen LogP contribution in [0.4, 0.5) is 0 Å². The van der Waals surface area contributed by atoms with Gasteiger partial charge >= 0.3 is 0 Å². The average molecular weight is 272 g/mol. The fraction of sp³-hybridized carbons (Fsp3) is 0.312. The van der Waals surface area contributed by atoms with Crippen LogP contribution in [0, 0.1) is 6.92 Å². The third-order valence-electron chi connectivity index (χ3n) is 3.15. The Balaban J connectivity index is 2.24. The van der Waals surface area contributed by atoms with Gasteiger partial charge in [0, 0.05) is 28.6 Å². The number of nitrogens with two attached hydrogens (primary N) is 1. The molecule has 2 nitrogen and oxygen atoms in total. The van der Waals surface area contributed by atoms with Crippen molar-refractivity contribution in [1.29, 1.82) is 0 Å². The standard InChI is InChI=1S/C16H20N2S/c1-3-15(17)16(13-7-9-18-10-8-13)19-14-6-4-5-12(2)11-14/h4-11,15-16H,3,17H2,1-2H3. The minimum Gasteiger partial charge on any atom is -0.326 e. The van der Waals surface area contributed by atoms with Crippen LogP contribution >= 0.6 is 11.8 Å². The highest BCUT2D eigenvalue weighted by molar-refractivity contribution is 7.99. The molecule has 0 saturated heterocycles. The molecule has 1 aromatic heterocycles. The Bertz CT molecular complexity index is 513. The first-order chi connectivity index (χ1) is 9.20. The van der Waals surface area contributed by atoms with Gasteiger partial charge in [-0.25, -0.2) is 0 Å². The number of hydrogen-bond acceptors (Lipinski definition) is 3. The van der Waals surface area contributed by atoms with Gasteiger partial charge in [0.1, 0.15) is 0 Å². The van der Waals surface area contributed by atoms with Crippen molar-refractivity contribution in [3.63, 3.8) is 0 Å². The van der Waals surface area contributed by atoms with Crippen LogP contribution in [0.2, 0.25) is 0 Å². The van der Waals surface area contributed by atoms with Gasteiger partial charge < -0.3 is 5.73 Å². The highest BCUT2D eigenvalue weighted by atomic mass is 32.2. The molecule has 100 valence electrons. The Morgan fingerprint density at radius 3 is 2.58 bits per heavy atom. The molecule has 0 aliphatic carbocycles. The first kappa shape index (κ1) is 14.1. The van der Waals surface area contributed by atoms with Crippen LogP contribution < -0.4 is 5.73 Å². The number of hydrogen-bond donors (Lipinski definition) is 1. The van der Waals surface area contributed by atoms with E-state index in [2.05, 4.69) is 55.2 Å². The first-order valence-corrected chi connectivity index (χ1v) is 7.47. The van der Waals surface area contributed by atoms with E-state index in [-0.39, 0.29) is 11.3 Å². The Kier molecular flexibility index (Phi) is 5.00. The minimum absolute atomic E-state index is 0.146. The number of aromatic nitrogens is 1. The van der Waals surface area contributed by atoms with Gasteiger partial charge in [-0.3, -0.25) is 4.98 Å². The topological polar surface area (TPSA) is 38.9 Å². The smallest absolute Gasteiger partial charge is 0.0496 e. The summed E-state index contributed by atoms with van der Waals surface area (Å²) in [5, 5.41) is 0.273. The van der Waals surface area contributed by atoms with Crippen molar-refractivity contribution in [3.8, 4) is 0 Å². The summed E-state index contributed by atoms with van der Waals surface area (Å²) in [6.07, 6.45) is 4.63. The van der Waals surface area contributed by atoms with Crippen molar-refractivity contribution >= 4 is 11.8 Å². The van der Waals surface area contributed by atoms with E-state index in [9.17, 15) is 0 Å². The molecule has 0 radical (unpaired) electrons. The summed E-state index contributed by atoms with van der Waals surface area (Å²) in [5.41, 5.74) is 8.82. The number of aryl methyl sites for hydroxylation is 1. The summed E-state index contributed by atoms with van der Waals surface area (Å²) in [7, 11) is 0. The predicted molar refractivity (Wildman–Crippen MR) is 82.3 cm³/mol. The van der Waals surface area contributed by atoms with Crippen LogP contribution in [-0.4, -0.2) is 11.0 Å². The molecule has 0 spiro atoms. The lowest BCUT2D eigenvalue weighted by molar-refractivity contribution is 0.634. The number of rotatable bonds is 5. The molecule has 0 aliphatic heterocycles. The highest BCUT2D eigenvalue weighted by Crippen LogP contribution is 2.38. The molecule has 0 bridgehead atoms. The second-order valence-electron chi connectivity index (χ2n) is 4.71. The third-order valence-corrected chi connectivity index (χ3v) is 4.55. The first-order valence-electron chi connectivity index (χ1n) is 6.59. The average Bonchev–Trinajstić information content (AvgIpc) is 2.45. The second kappa shape index (κ2) is 6.73. The van der Waals surface area contributed by atoms with Crippen LogP contribution in [0.25, 0.3) is 0 Å². The maximum Gasteiger partial charge on any atom is 0.0496 e. The lowest BCUT2D eigenvalue weighted by Gasteiger charge is -2.23. The number of nitrogens with zero attached hydrogens (tertiary/aromatic N) is 1. The molecule has 0 saturated carbocycles. The van der Waals surface area contributed by atoms with Crippen LogP contribution in [0.15, 0.2) is 53.7 Å². The highest BCUT2D eigenvalue weighted by Gasteiger charge is 2.19. The van der Waals surface area contributed by atoms with E-state index in [1.54, 1.807) is 0 Å². The Labute approximate surface area is 119 Å². The lowest BCUT2D eigenvalue weighted by atomic mass is 10.1. The van der Waals surface area contributed by atoms with E-state index in [1.165, 1.54) is 16.0 Å². The Morgan fingerprint density at radius 1 is 1.21 bits per heavy atom. The SMILES string of the molecule is CCC(N)C(Sc1cccc(C)c1)c1ccncc1. The van der Waals surface area contributed by atoms with E-state index in [0.717, 1.165) is 6.42 Å². The number of benzene rings is 1. The van der Waals surface area contributed by atoms with Crippen molar-refractivity contribution in [2.24, 2.45) is 5.73 Å². The van der Waals surface area contributed by atoms with Gasteiger partial charge in [0.15, 0.2) is 0 Å². The molecule has 2 unspecified atom stereocenters. The zero-order valence-electron chi connectivity index (χ0n) is 11.4. The van der Waals surface area contributed by atoms with Gasteiger partial charge in [0.05, 0.1) is 0 Å². The molecule has 0 fully saturated rings. The molecular weight excluding hydrogens is 252 g/mol. The second-order valence-corrected chi connectivity index (χ2v) is 5.92. The molecule has 2 aromatic rings. The quantitative estimate of drug-likeness (QED) is 0.837. The Hall–Kier alpha value is -1.32. The molecule has 19 heavy (non-hydrogen) atoms. The largest absolute Gasteiger partial charge is 0.326 e. The molecule has 2 rings (SSSR count). The number of thioether (sulfide) groups is 1. The van der Waals surface area contributed by atoms with E-state index >= 15 is 0 Å². The van der Waals surface area contributed by atoms with Gasteiger partial charge in [-0.05, 0) is 43.2 Å². The fourth-order valence-corrected chi connectivity index (χ4v) is 3.37. The van der Waals surface area contributed by atoms with Gasteiger partial charge in [0.25, 0.3) is 0 Å². The normalized spacial score (nSPS) is 14.1. The van der Waals surface area contributed by atoms with E-state index < -0.39 is 0 Å². The van der Waals surface area contributed by atoms with Crippen LogP contribution in [0.5, 0.6) is 0 Å². The molecule has 3 heteroatoms. The summed E-state index contributed by atoms with van der Waals surface area (Å²) < 4.78 is 0. The van der Waals surface area contributed by atoms with E-state index in [1.807, 2.05) is 24.2 Å². The zero-order valence-corrected chi connectivity index (χ0v) is 12.2. The van der Waals surface area contributed by atoms with Gasteiger partial charge in [-0.15, -0.1) is 11.8 Å². The molecule has 0 amide bonds. The molecule has 1 heterocycles. The van der Waals surface area contributed by atoms with Crippen molar-refractivity contribution in [3.05, 3.63) is 59.9 Å². The molecule has 2 N–H and O–H groups in total.